The molecule has 1 aliphatic heterocycles. The summed E-state index contributed by atoms with van der Waals surface area (Å²) in [7, 11) is 0. The summed E-state index contributed by atoms with van der Waals surface area (Å²) in [5.41, 5.74) is 3.50. The van der Waals surface area contributed by atoms with Crippen LogP contribution in [0.1, 0.15) is 28.3 Å². The maximum absolute atomic E-state index is 13.8. The minimum Gasteiger partial charge on any atom is -0.507 e. The van der Waals surface area contributed by atoms with Gasteiger partial charge in [-0.15, -0.1) is 0 Å². The Bertz CT molecular complexity index is 1780. The van der Waals surface area contributed by atoms with Crippen molar-refractivity contribution in [2.24, 2.45) is 0 Å². The van der Waals surface area contributed by atoms with Gasteiger partial charge in [0.15, 0.2) is 0 Å². The Kier molecular flexibility index (Phi) is 6.36. The molecule has 0 bridgehead atoms. The summed E-state index contributed by atoms with van der Waals surface area (Å²) in [5.74, 6) is -1.76. The number of fused-ring (bicyclic) bond motifs is 1. The van der Waals surface area contributed by atoms with Crippen LogP contribution >= 0.6 is 0 Å². The fraction of sp³-hybridized carbons (Fsp3) is 0.0938. The normalized spacial score (nSPS) is 16.6. The number of hydrogen-bond acceptors (Lipinski definition) is 5. The van der Waals surface area contributed by atoms with E-state index in [1.807, 2.05) is 43.3 Å². The summed E-state index contributed by atoms with van der Waals surface area (Å²) >= 11 is 0. The van der Waals surface area contributed by atoms with Gasteiger partial charge < -0.3 is 14.8 Å². The molecule has 198 valence electrons. The van der Waals surface area contributed by atoms with Gasteiger partial charge in [-0.2, -0.15) is 0 Å². The fourth-order valence-corrected chi connectivity index (χ4v) is 4.93. The monoisotopic (exact) mass is 533 g/mol. The number of ketones is 1. The molecular weight excluding hydrogens is 509 g/mol. The highest BCUT2D eigenvalue weighted by Crippen LogP contribution is 2.42. The second kappa shape index (κ2) is 10.1. The molecule has 1 amide bonds. The molecule has 1 atom stereocenters. The Morgan fingerprint density at radius 1 is 0.975 bits per heavy atom. The molecule has 1 saturated heterocycles. The molecule has 7 nitrogen and oxygen atoms in total. The van der Waals surface area contributed by atoms with Gasteiger partial charge in [-0.25, -0.2) is 9.37 Å². The predicted molar refractivity (Wildman–Crippen MR) is 149 cm³/mol. The van der Waals surface area contributed by atoms with E-state index in [9.17, 15) is 19.1 Å². The van der Waals surface area contributed by atoms with E-state index in [4.69, 9.17) is 4.74 Å². The fourth-order valence-electron chi connectivity index (χ4n) is 4.93. The van der Waals surface area contributed by atoms with E-state index in [1.54, 1.807) is 42.5 Å². The first-order chi connectivity index (χ1) is 19.4. The summed E-state index contributed by atoms with van der Waals surface area (Å²) in [6, 6.07) is 26.8. The smallest absolute Gasteiger partial charge is 0.302 e. The Hall–Kier alpha value is -5.24. The second-order valence-electron chi connectivity index (χ2n) is 9.56. The number of nitrogens with one attached hydrogen (secondary N) is 1. The average Bonchev–Trinajstić information content (AvgIpc) is 3.50. The number of anilines is 1. The number of aliphatic hydroxyl groups excluding tert-OH is 1. The van der Waals surface area contributed by atoms with Crippen molar-refractivity contribution in [3.63, 3.8) is 0 Å². The van der Waals surface area contributed by atoms with Crippen LogP contribution in [0.15, 0.2) is 103 Å². The van der Waals surface area contributed by atoms with Crippen molar-refractivity contribution in [1.82, 2.24) is 9.97 Å². The van der Waals surface area contributed by atoms with Crippen LogP contribution < -0.4 is 9.64 Å². The summed E-state index contributed by atoms with van der Waals surface area (Å²) in [6.45, 7) is 2.23. The summed E-state index contributed by atoms with van der Waals surface area (Å²) in [6.07, 6.45) is 0. The first kappa shape index (κ1) is 25.1. The van der Waals surface area contributed by atoms with E-state index in [-0.39, 0.29) is 17.3 Å². The molecule has 1 aromatic heterocycles. The lowest BCUT2D eigenvalue weighted by atomic mass is 9.95. The molecule has 40 heavy (non-hydrogen) atoms. The van der Waals surface area contributed by atoms with E-state index < -0.39 is 23.5 Å². The van der Waals surface area contributed by atoms with Crippen LogP contribution in [0.4, 0.5) is 10.3 Å². The molecule has 0 spiro atoms. The minimum atomic E-state index is -0.957. The molecule has 0 radical (unpaired) electrons. The molecule has 6 rings (SSSR count). The lowest BCUT2D eigenvalue weighted by molar-refractivity contribution is -0.132. The zero-order valence-electron chi connectivity index (χ0n) is 21.5. The Morgan fingerprint density at radius 3 is 2.42 bits per heavy atom. The van der Waals surface area contributed by atoms with E-state index in [0.717, 1.165) is 11.1 Å². The third-order valence-electron chi connectivity index (χ3n) is 6.90. The summed E-state index contributed by atoms with van der Waals surface area (Å²) in [5, 5.41) is 11.5. The number of aliphatic hydroxyl groups is 1. The maximum atomic E-state index is 13.8. The largest absolute Gasteiger partial charge is 0.507 e. The van der Waals surface area contributed by atoms with Crippen LogP contribution in [0.5, 0.6) is 5.75 Å². The van der Waals surface area contributed by atoms with Crippen LogP contribution in [0.25, 0.3) is 16.8 Å². The lowest BCUT2D eigenvalue weighted by Gasteiger charge is -2.23. The minimum absolute atomic E-state index is 0.0693. The Balaban J connectivity index is 1.41. The van der Waals surface area contributed by atoms with E-state index >= 15 is 0 Å². The van der Waals surface area contributed by atoms with E-state index in [2.05, 4.69) is 9.97 Å². The molecular formula is C32H24FN3O4. The van der Waals surface area contributed by atoms with Crippen LogP contribution in [-0.2, 0) is 16.2 Å². The molecule has 8 heteroatoms. The van der Waals surface area contributed by atoms with E-state index in [0.29, 0.717) is 34.5 Å². The van der Waals surface area contributed by atoms with Crippen molar-refractivity contribution in [2.75, 3.05) is 4.90 Å². The molecule has 2 N–H and O–H groups in total. The van der Waals surface area contributed by atoms with Gasteiger partial charge in [-0.05, 0) is 60.0 Å². The number of aryl methyl sites for hydroxylation is 1. The first-order valence-corrected chi connectivity index (χ1v) is 12.7. The topological polar surface area (TPSA) is 95.5 Å². The number of amides is 1. The number of benzene rings is 4. The van der Waals surface area contributed by atoms with Crippen LogP contribution in [-0.4, -0.2) is 26.8 Å². The van der Waals surface area contributed by atoms with Crippen LogP contribution in [0.3, 0.4) is 0 Å². The van der Waals surface area contributed by atoms with E-state index in [1.165, 1.54) is 23.1 Å². The van der Waals surface area contributed by atoms with Crippen molar-refractivity contribution < 1.29 is 23.8 Å². The second-order valence-corrected chi connectivity index (χ2v) is 9.56. The number of rotatable bonds is 6. The number of carbonyl (C=O) groups excluding carboxylic acids is 2. The number of imidazole rings is 1. The predicted octanol–water partition coefficient (Wildman–Crippen LogP) is 6.22. The van der Waals surface area contributed by atoms with Gasteiger partial charge in [0.1, 0.15) is 23.9 Å². The Labute approximate surface area is 229 Å². The molecule has 4 aromatic carbocycles. The van der Waals surface area contributed by atoms with Gasteiger partial charge in [0, 0.05) is 5.56 Å². The molecule has 1 aliphatic rings. The van der Waals surface area contributed by atoms with Crippen molar-refractivity contribution in [1.29, 1.82) is 0 Å². The number of ether oxygens (including phenoxy) is 1. The number of aromatic nitrogens is 2. The number of Topliss-reactive ketones (excluding diaryl/α,β-unsaturated/α-hetero) is 1. The van der Waals surface area contributed by atoms with Gasteiger partial charge in [0.25, 0.3) is 5.78 Å². The van der Waals surface area contributed by atoms with Crippen molar-refractivity contribution >= 4 is 34.4 Å². The van der Waals surface area contributed by atoms with Gasteiger partial charge in [-0.1, -0.05) is 60.7 Å². The first-order valence-electron chi connectivity index (χ1n) is 12.7. The van der Waals surface area contributed by atoms with Crippen molar-refractivity contribution in [2.45, 2.75) is 19.6 Å². The molecule has 0 aliphatic carbocycles. The number of nitrogens with zero attached hydrogens (tertiary/aromatic N) is 2. The number of aromatic amines is 1. The number of hydrogen-bond donors (Lipinski definition) is 2. The molecule has 1 unspecified atom stereocenters. The molecule has 5 aromatic rings. The third-order valence-corrected chi connectivity index (χ3v) is 6.90. The van der Waals surface area contributed by atoms with Crippen LogP contribution in [0.2, 0.25) is 0 Å². The molecule has 2 heterocycles. The quantitative estimate of drug-likeness (QED) is 0.154. The lowest BCUT2D eigenvalue weighted by Crippen LogP contribution is -2.30. The van der Waals surface area contributed by atoms with Crippen molar-refractivity contribution in [3.8, 4) is 5.75 Å². The maximum Gasteiger partial charge on any atom is 0.302 e. The zero-order chi connectivity index (χ0) is 27.8. The van der Waals surface area contributed by atoms with Gasteiger partial charge in [0.2, 0.25) is 5.95 Å². The SMILES string of the molecule is Cc1cc(/C(O)=C2\C(=O)C(=O)N(c3nc4ccc(F)cc4[nH]3)C2c2ccccc2)ccc1OCc1ccccc1. The highest BCUT2D eigenvalue weighted by molar-refractivity contribution is 6.51. The third kappa shape index (κ3) is 4.49. The van der Waals surface area contributed by atoms with Crippen LogP contribution in [0, 0.1) is 12.7 Å². The van der Waals surface area contributed by atoms with Gasteiger partial charge >= 0.3 is 5.91 Å². The van der Waals surface area contributed by atoms with Gasteiger partial charge in [0.05, 0.1) is 22.6 Å². The molecule has 0 saturated carbocycles. The Morgan fingerprint density at radius 2 is 1.70 bits per heavy atom. The number of halogens is 1. The highest BCUT2D eigenvalue weighted by atomic mass is 19.1. The van der Waals surface area contributed by atoms with Crippen molar-refractivity contribution in [3.05, 3.63) is 131 Å². The zero-order valence-corrected chi connectivity index (χ0v) is 21.5. The molecule has 1 fully saturated rings. The number of H-pyrrole nitrogens is 1. The van der Waals surface area contributed by atoms with Gasteiger partial charge in [-0.3, -0.25) is 14.5 Å². The summed E-state index contributed by atoms with van der Waals surface area (Å²) in [4.78, 5) is 35.4. The average molecular weight is 534 g/mol. The highest BCUT2D eigenvalue weighted by Gasteiger charge is 2.48. The standard InChI is InChI=1S/C32H24FN3O4/c1-19-16-22(12-15-26(19)40-18-20-8-4-2-5-9-20)29(37)27-28(21-10-6-3-7-11-21)36(31(39)30(27)38)32-34-24-14-13-23(33)17-25(24)35-32/h2-17,28,37H,18H2,1H3,(H,34,35)/b29-27+. The number of carbonyl (C=O) groups is 2. The summed E-state index contributed by atoms with van der Waals surface area (Å²) < 4.78 is 19.8.